The van der Waals surface area contributed by atoms with Crippen LogP contribution in [0.2, 0.25) is 0 Å². The zero-order chi connectivity index (χ0) is 10.7. The molecule has 0 aliphatic rings. The number of carboxylic acid groups (broad SMARTS) is 1. The van der Waals surface area contributed by atoms with E-state index in [0.29, 0.717) is 4.57 Å². The number of hydrogen-bond acceptors (Lipinski definition) is 3. The van der Waals surface area contributed by atoms with Crippen LogP contribution in [0.3, 0.4) is 0 Å². The van der Waals surface area contributed by atoms with Gasteiger partial charge in [0.25, 0.3) is 0 Å². The molecule has 0 bridgehead atoms. The molecule has 0 saturated heterocycles. The normalized spacial score (nSPS) is 12.3. The quantitative estimate of drug-likeness (QED) is 0.544. The average molecular weight is 199 g/mol. The minimum atomic E-state index is -1.25. The van der Waals surface area contributed by atoms with Crippen LogP contribution in [0.25, 0.3) is 0 Å². The molecule has 3 N–H and O–H groups in total. The lowest BCUT2D eigenvalue weighted by Crippen LogP contribution is -2.35. The topological polar surface area (TPSA) is 108 Å². The summed E-state index contributed by atoms with van der Waals surface area (Å²) < 4.78 is 0.601. The molecule has 7 nitrogen and oxygen atoms in total. The molecule has 0 radical (unpaired) electrons. The summed E-state index contributed by atoms with van der Waals surface area (Å²) in [5.74, 6) is -1.25. The maximum Gasteiger partial charge on any atom is 0.345 e. The van der Waals surface area contributed by atoms with E-state index in [0.717, 1.165) is 0 Å². The lowest BCUT2D eigenvalue weighted by atomic mass is 10.2. The van der Waals surface area contributed by atoms with E-state index in [1.807, 2.05) is 10.2 Å². The first-order chi connectivity index (χ1) is 6.57. The summed E-state index contributed by atoms with van der Waals surface area (Å²) in [6.07, 6.45) is 1.34. The fraction of sp³-hybridized carbons (Fsp3) is 0.286. The van der Waals surface area contributed by atoms with Crippen molar-refractivity contribution in [1.29, 1.82) is 0 Å². The van der Waals surface area contributed by atoms with Crippen molar-refractivity contribution >= 4 is 5.97 Å². The Bertz CT molecular complexity index is 424. The van der Waals surface area contributed by atoms with Gasteiger partial charge in [-0.25, -0.2) is 29.1 Å². The molecule has 1 rings (SSSR count). The largest absolute Gasteiger partial charge is 0.480 e. The monoisotopic (exact) mass is 199 g/mol. The lowest BCUT2D eigenvalue weighted by molar-refractivity contribution is -0.141. The zero-order valence-corrected chi connectivity index (χ0v) is 7.19. The van der Waals surface area contributed by atoms with Crippen molar-refractivity contribution in [3.05, 3.63) is 33.6 Å². The molecule has 1 atom stereocenters. The highest BCUT2D eigenvalue weighted by atomic mass is 16.4. The third kappa shape index (κ3) is 1.65. The van der Waals surface area contributed by atoms with Crippen molar-refractivity contribution in [3.63, 3.8) is 0 Å². The predicted molar refractivity (Wildman–Crippen MR) is 47.2 cm³/mol. The number of allylic oxidation sites excluding steroid dienone is 1. The third-order valence-electron chi connectivity index (χ3n) is 1.70. The number of aromatic nitrogens is 3. The van der Waals surface area contributed by atoms with Crippen LogP contribution in [0.4, 0.5) is 0 Å². The first kappa shape index (κ1) is 10.0. The van der Waals surface area contributed by atoms with E-state index >= 15 is 0 Å². The highest BCUT2D eigenvalue weighted by Crippen LogP contribution is 2.06. The number of rotatable bonds is 4. The molecular weight excluding hydrogens is 190 g/mol. The highest BCUT2D eigenvalue weighted by molar-refractivity contribution is 5.71. The number of carboxylic acids is 1. The smallest absolute Gasteiger partial charge is 0.345 e. The Morgan fingerprint density at radius 3 is 2.36 bits per heavy atom. The maximum atomic E-state index is 11.0. The second-order valence-electron chi connectivity index (χ2n) is 2.61. The molecule has 0 amide bonds. The van der Waals surface area contributed by atoms with Gasteiger partial charge < -0.3 is 5.11 Å². The molecule has 0 aromatic carbocycles. The third-order valence-corrected chi connectivity index (χ3v) is 1.70. The molecule has 0 aliphatic heterocycles. The molecule has 1 aromatic rings. The molecule has 0 saturated carbocycles. The molecule has 7 heteroatoms. The summed E-state index contributed by atoms with van der Waals surface area (Å²) in [6.45, 7) is 3.35. The summed E-state index contributed by atoms with van der Waals surface area (Å²) >= 11 is 0. The molecule has 76 valence electrons. The SMILES string of the molecule is C=CCC(C(=O)O)n1c(=O)[nH][nH]c1=O. The first-order valence-corrected chi connectivity index (χ1v) is 3.80. The van der Waals surface area contributed by atoms with Gasteiger partial charge in [-0.05, 0) is 6.42 Å². The van der Waals surface area contributed by atoms with Crippen LogP contribution in [0.1, 0.15) is 12.5 Å². The average Bonchev–Trinajstić information content (AvgIpc) is 2.43. The molecular formula is C7H9N3O4. The fourth-order valence-corrected chi connectivity index (χ4v) is 1.08. The number of aromatic amines is 2. The second kappa shape index (κ2) is 3.77. The van der Waals surface area contributed by atoms with Gasteiger partial charge in [-0.15, -0.1) is 6.58 Å². The van der Waals surface area contributed by atoms with Gasteiger partial charge in [0.05, 0.1) is 0 Å². The standard InChI is InChI=1S/C7H9N3O4/c1-2-3-4(5(11)12)10-6(13)8-9-7(10)14/h2,4H,1,3H2,(H,8,13)(H,9,14)(H,11,12). The van der Waals surface area contributed by atoms with Crippen molar-refractivity contribution in [1.82, 2.24) is 14.8 Å². The van der Waals surface area contributed by atoms with E-state index in [-0.39, 0.29) is 6.42 Å². The van der Waals surface area contributed by atoms with Crippen LogP contribution in [0.15, 0.2) is 22.2 Å². The minimum Gasteiger partial charge on any atom is -0.480 e. The predicted octanol–water partition coefficient (Wildman–Crippen LogP) is -0.933. The van der Waals surface area contributed by atoms with Gasteiger partial charge in [-0.2, -0.15) is 0 Å². The maximum absolute atomic E-state index is 11.0. The molecule has 14 heavy (non-hydrogen) atoms. The molecule has 1 heterocycles. The number of H-pyrrole nitrogens is 2. The second-order valence-corrected chi connectivity index (χ2v) is 2.61. The van der Waals surface area contributed by atoms with Gasteiger partial charge in [-0.3, -0.25) is 0 Å². The fourth-order valence-electron chi connectivity index (χ4n) is 1.08. The van der Waals surface area contributed by atoms with Crippen molar-refractivity contribution in [2.45, 2.75) is 12.5 Å². The van der Waals surface area contributed by atoms with Gasteiger partial charge in [0.2, 0.25) is 0 Å². The number of nitrogens with zero attached hydrogens (tertiary/aromatic N) is 1. The van der Waals surface area contributed by atoms with Crippen molar-refractivity contribution in [2.75, 3.05) is 0 Å². The summed E-state index contributed by atoms with van der Waals surface area (Å²) in [7, 11) is 0. The lowest BCUT2D eigenvalue weighted by Gasteiger charge is -2.07. The van der Waals surface area contributed by atoms with Crippen molar-refractivity contribution < 1.29 is 9.90 Å². The van der Waals surface area contributed by atoms with Gasteiger partial charge in [-0.1, -0.05) is 6.08 Å². The van der Waals surface area contributed by atoms with Gasteiger partial charge in [0.15, 0.2) is 0 Å². The van der Waals surface area contributed by atoms with E-state index in [4.69, 9.17) is 5.11 Å². The van der Waals surface area contributed by atoms with E-state index < -0.39 is 23.4 Å². The van der Waals surface area contributed by atoms with Crippen LogP contribution in [0.5, 0.6) is 0 Å². The minimum absolute atomic E-state index is 0.0101. The van der Waals surface area contributed by atoms with E-state index in [9.17, 15) is 14.4 Å². The van der Waals surface area contributed by atoms with Gasteiger partial charge in [0.1, 0.15) is 6.04 Å². The highest BCUT2D eigenvalue weighted by Gasteiger charge is 2.22. The number of hydrogen-bond donors (Lipinski definition) is 3. The van der Waals surface area contributed by atoms with Crippen LogP contribution < -0.4 is 11.4 Å². The number of nitrogens with one attached hydrogen (secondary N) is 2. The Balaban J connectivity index is 3.23. The Kier molecular flexibility index (Phi) is 2.70. The summed E-state index contributed by atoms with van der Waals surface area (Å²) in [4.78, 5) is 32.8. The molecule has 0 aliphatic carbocycles. The Morgan fingerprint density at radius 2 is 2.00 bits per heavy atom. The number of carbonyl (C=O) groups is 1. The first-order valence-electron chi connectivity index (χ1n) is 3.80. The zero-order valence-electron chi connectivity index (χ0n) is 7.19. The van der Waals surface area contributed by atoms with Crippen LogP contribution in [-0.2, 0) is 4.79 Å². The molecule has 1 aromatic heterocycles. The molecule has 0 spiro atoms. The van der Waals surface area contributed by atoms with E-state index in [1.54, 1.807) is 0 Å². The summed E-state index contributed by atoms with van der Waals surface area (Å²) in [5.41, 5.74) is -1.55. The Labute approximate surface area is 77.7 Å². The summed E-state index contributed by atoms with van der Waals surface area (Å²) in [6, 6.07) is -1.21. The Hall–Kier alpha value is -2.05. The van der Waals surface area contributed by atoms with Crippen LogP contribution in [0, 0.1) is 0 Å². The van der Waals surface area contributed by atoms with E-state index in [1.165, 1.54) is 6.08 Å². The number of aliphatic carboxylic acids is 1. The van der Waals surface area contributed by atoms with Crippen LogP contribution in [-0.4, -0.2) is 25.8 Å². The summed E-state index contributed by atoms with van der Waals surface area (Å²) in [5, 5.41) is 12.8. The van der Waals surface area contributed by atoms with Crippen LogP contribution >= 0.6 is 0 Å². The molecule has 1 unspecified atom stereocenters. The van der Waals surface area contributed by atoms with Crippen molar-refractivity contribution in [2.24, 2.45) is 0 Å². The van der Waals surface area contributed by atoms with Crippen molar-refractivity contribution in [3.8, 4) is 0 Å². The Morgan fingerprint density at radius 1 is 1.50 bits per heavy atom. The molecule has 0 fully saturated rings. The van der Waals surface area contributed by atoms with Gasteiger partial charge in [0, 0.05) is 0 Å². The van der Waals surface area contributed by atoms with Gasteiger partial charge >= 0.3 is 17.3 Å². The van der Waals surface area contributed by atoms with E-state index in [2.05, 4.69) is 6.58 Å².